The lowest BCUT2D eigenvalue weighted by molar-refractivity contribution is 0.424. The highest BCUT2D eigenvalue weighted by atomic mass is 79.9. The minimum atomic E-state index is 0.423. The van der Waals surface area contributed by atoms with Crippen molar-refractivity contribution >= 4 is 27.5 Å². The van der Waals surface area contributed by atoms with Crippen molar-refractivity contribution in [1.82, 2.24) is 9.78 Å². The Morgan fingerprint density at radius 3 is 2.38 bits per heavy atom. The van der Waals surface area contributed by atoms with E-state index in [0.717, 1.165) is 35.3 Å². The molecule has 0 fully saturated rings. The minimum absolute atomic E-state index is 0.423. The lowest BCUT2D eigenvalue weighted by Crippen LogP contribution is -2.09. The van der Waals surface area contributed by atoms with Gasteiger partial charge < -0.3 is 0 Å². The van der Waals surface area contributed by atoms with Crippen molar-refractivity contribution in [2.45, 2.75) is 45.1 Å². The molecule has 2 rings (SSSR count). The summed E-state index contributed by atoms with van der Waals surface area (Å²) >= 11 is 9.59. The van der Waals surface area contributed by atoms with Gasteiger partial charge in [-0.2, -0.15) is 5.10 Å². The minimum Gasteiger partial charge on any atom is -0.269 e. The Labute approximate surface area is 140 Å². The summed E-state index contributed by atoms with van der Waals surface area (Å²) in [4.78, 5) is 0. The fourth-order valence-corrected chi connectivity index (χ4v) is 3.33. The van der Waals surface area contributed by atoms with Crippen LogP contribution in [0.25, 0.3) is 0 Å². The van der Waals surface area contributed by atoms with E-state index in [1.807, 2.05) is 12.1 Å². The molecule has 114 valence electrons. The molecule has 0 bridgehead atoms. The van der Waals surface area contributed by atoms with E-state index < -0.39 is 0 Å². The zero-order valence-electron chi connectivity index (χ0n) is 12.6. The van der Waals surface area contributed by atoms with E-state index in [-0.39, 0.29) is 0 Å². The number of alkyl halides is 1. The highest BCUT2D eigenvalue weighted by molar-refractivity contribution is 9.09. The Kier molecular flexibility index (Phi) is 6.31. The molecular formula is C17H22BrClN2. The summed E-state index contributed by atoms with van der Waals surface area (Å²) in [6, 6.07) is 10.8. The number of rotatable bonds is 7. The molecule has 2 aromatic rings. The van der Waals surface area contributed by atoms with E-state index in [1.165, 1.54) is 5.56 Å². The van der Waals surface area contributed by atoms with Crippen molar-refractivity contribution < 1.29 is 0 Å². The van der Waals surface area contributed by atoms with Crippen LogP contribution >= 0.6 is 27.5 Å². The highest BCUT2D eigenvalue weighted by Gasteiger charge is 2.14. The van der Waals surface area contributed by atoms with Gasteiger partial charge in [0.2, 0.25) is 0 Å². The molecule has 2 nitrogen and oxygen atoms in total. The second kappa shape index (κ2) is 8.00. The summed E-state index contributed by atoms with van der Waals surface area (Å²) in [5, 5.41) is 6.46. The lowest BCUT2D eigenvalue weighted by Gasteiger charge is -2.14. The maximum atomic E-state index is 5.96. The predicted octanol–water partition coefficient (Wildman–Crippen LogP) is 5.62. The lowest BCUT2D eigenvalue weighted by atomic mass is 9.96. The number of aromatic nitrogens is 2. The summed E-state index contributed by atoms with van der Waals surface area (Å²) in [5.41, 5.74) is 2.45. The third kappa shape index (κ3) is 4.33. The average molecular weight is 370 g/mol. The SMILES string of the molecule is CCC(CC)n1ccc(CC(CBr)c2ccc(Cl)cc2)n1. The normalized spacial score (nSPS) is 12.8. The van der Waals surface area contributed by atoms with Crippen molar-refractivity contribution in [3.05, 3.63) is 52.8 Å². The maximum absolute atomic E-state index is 5.96. The molecular weight excluding hydrogens is 348 g/mol. The fraction of sp³-hybridized carbons (Fsp3) is 0.471. The van der Waals surface area contributed by atoms with Gasteiger partial charge in [0.15, 0.2) is 0 Å². The van der Waals surface area contributed by atoms with Crippen molar-refractivity contribution in [2.24, 2.45) is 0 Å². The summed E-state index contributed by atoms with van der Waals surface area (Å²) in [6.07, 6.45) is 5.30. The smallest absolute Gasteiger partial charge is 0.0631 e. The average Bonchev–Trinajstić information content (AvgIpc) is 2.96. The third-order valence-corrected chi connectivity index (χ3v) is 5.00. The van der Waals surface area contributed by atoms with Crippen LogP contribution in [0.3, 0.4) is 0 Å². The van der Waals surface area contributed by atoms with Crippen LogP contribution in [0, 0.1) is 0 Å². The van der Waals surface area contributed by atoms with Gasteiger partial charge in [0.25, 0.3) is 0 Å². The first-order valence-electron chi connectivity index (χ1n) is 7.53. The molecule has 0 aliphatic carbocycles. The molecule has 0 aliphatic heterocycles. The molecule has 4 heteroatoms. The van der Waals surface area contributed by atoms with Gasteiger partial charge in [-0.15, -0.1) is 0 Å². The van der Waals surface area contributed by atoms with Crippen molar-refractivity contribution in [3.63, 3.8) is 0 Å². The van der Waals surface area contributed by atoms with E-state index in [4.69, 9.17) is 16.7 Å². The quantitative estimate of drug-likeness (QED) is 0.579. The van der Waals surface area contributed by atoms with Crippen LogP contribution in [0.4, 0.5) is 0 Å². The molecule has 1 aromatic carbocycles. The molecule has 1 heterocycles. The van der Waals surface area contributed by atoms with Crippen LogP contribution in [-0.2, 0) is 6.42 Å². The standard InChI is InChI=1S/C17H22BrClN2/c1-3-17(4-2)21-10-9-16(20-21)11-14(12-18)13-5-7-15(19)8-6-13/h5-10,14,17H,3-4,11-12H2,1-2H3. The number of hydrogen-bond acceptors (Lipinski definition) is 1. The first-order valence-corrected chi connectivity index (χ1v) is 9.03. The van der Waals surface area contributed by atoms with E-state index >= 15 is 0 Å². The molecule has 0 radical (unpaired) electrons. The van der Waals surface area contributed by atoms with Gasteiger partial charge >= 0.3 is 0 Å². The Balaban J connectivity index is 2.10. The summed E-state index contributed by atoms with van der Waals surface area (Å²) in [5.74, 6) is 0.423. The van der Waals surface area contributed by atoms with Crippen LogP contribution in [0.5, 0.6) is 0 Å². The molecule has 1 atom stereocenters. The van der Waals surface area contributed by atoms with Crippen LogP contribution in [0.15, 0.2) is 36.5 Å². The van der Waals surface area contributed by atoms with Crippen LogP contribution in [0.2, 0.25) is 5.02 Å². The predicted molar refractivity (Wildman–Crippen MR) is 93.5 cm³/mol. The van der Waals surface area contributed by atoms with Crippen LogP contribution in [-0.4, -0.2) is 15.1 Å². The van der Waals surface area contributed by atoms with E-state index in [0.29, 0.717) is 12.0 Å². The summed E-state index contributed by atoms with van der Waals surface area (Å²) in [6.45, 7) is 4.43. The van der Waals surface area contributed by atoms with Gasteiger partial charge in [-0.05, 0) is 48.9 Å². The monoisotopic (exact) mass is 368 g/mol. The highest BCUT2D eigenvalue weighted by Crippen LogP contribution is 2.24. The number of halogens is 2. The Morgan fingerprint density at radius 1 is 1.14 bits per heavy atom. The zero-order valence-corrected chi connectivity index (χ0v) is 14.9. The molecule has 0 saturated carbocycles. The van der Waals surface area contributed by atoms with Gasteiger partial charge in [-0.3, -0.25) is 4.68 Å². The Hall–Kier alpha value is -0.800. The fourth-order valence-electron chi connectivity index (χ4n) is 2.60. The zero-order chi connectivity index (χ0) is 15.2. The number of nitrogens with zero attached hydrogens (tertiary/aromatic N) is 2. The van der Waals surface area contributed by atoms with Crippen molar-refractivity contribution in [2.75, 3.05) is 5.33 Å². The summed E-state index contributed by atoms with van der Waals surface area (Å²) < 4.78 is 2.11. The first-order chi connectivity index (χ1) is 10.2. The van der Waals surface area contributed by atoms with Crippen LogP contribution in [0.1, 0.15) is 49.9 Å². The number of benzene rings is 1. The second-order valence-electron chi connectivity index (χ2n) is 5.36. The Bertz CT molecular complexity index is 546. The van der Waals surface area contributed by atoms with Crippen molar-refractivity contribution in [3.8, 4) is 0 Å². The van der Waals surface area contributed by atoms with Crippen LogP contribution < -0.4 is 0 Å². The van der Waals surface area contributed by atoms with Gasteiger partial charge in [-0.25, -0.2) is 0 Å². The van der Waals surface area contributed by atoms with E-state index in [1.54, 1.807) is 0 Å². The second-order valence-corrected chi connectivity index (χ2v) is 6.45. The van der Waals surface area contributed by atoms with Gasteiger partial charge in [0, 0.05) is 16.5 Å². The maximum Gasteiger partial charge on any atom is 0.0631 e. The van der Waals surface area contributed by atoms with E-state index in [9.17, 15) is 0 Å². The van der Waals surface area contributed by atoms with Crippen molar-refractivity contribution in [1.29, 1.82) is 0 Å². The topological polar surface area (TPSA) is 17.8 Å². The Morgan fingerprint density at radius 2 is 1.81 bits per heavy atom. The molecule has 0 aliphatic rings. The molecule has 0 spiro atoms. The molecule has 21 heavy (non-hydrogen) atoms. The van der Waals surface area contributed by atoms with Gasteiger partial charge in [-0.1, -0.05) is 53.5 Å². The summed E-state index contributed by atoms with van der Waals surface area (Å²) in [7, 11) is 0. The molecule has 0 N–H and O–H groups in total. The third-order valence-electron chi connectivity index (χ3n) is 3.96. The van der Waals surface area contributed by atoms with Gasteiger partial charge in [0.05, 0.1) is 11.7 Å². The van der Waals surface area contributed by atoms with E-state index in [2.05, 4.69) is 58.9 Å². The molecule has 1 unspecified atom stereocenters. The molecule has 0 saturated heterocycles. The first kappa shape index (κ1) is 16.6. The largest absolute Gasteiger partial charge is 0.269 e. The number of hydrogen-bond donors (Lipinski definition) is 0. The van der Waals surface area contributed by atoms with Gasteiger partial charge in [0.1, 0.15) is 0 Å². The molecule has 0 amide bonds. The molecule has 1 aromatic heterocycles.